The van der Waals surface area contributed by atoms with Gasteiger partial charge in [-0.2, -0.15) is 0 Å². The molecule has 0 radical (unpaired) electrons. The molecule has 0 spiro atoms. The zero-order valence-electron chi connectivity index (χ0n) is 26.5. The molecule has 0 unspecified atom stereocenters. The summed E-state index contributed by atoms with van der Waals surface area (Å²) in [6, 6.07) is 4.95. The maximum Gasteiger partial charge on any atom is 0.410 e. The number of anilines is 1. The summed E-state index contributed by atoms with van der Waals surface area (Å²) in [7, 11) is 0. The van der Waals surface area contributed by atoms with E-state index in [1.54, 1.807) is 16.0 Å². The summed E-state index contributed by atoms with van der Waals surface area (Å²) in [5.74, 6) is -1.28. The molecule has 0 N–H and O–H groups in total. The Labute approximate surface area is 258 Å². The molecular weight excluding hydrogens is 568 g/mol. The number of amides is 3. The van der Waals surface area contributed by atoms with Crippen molar-refractivity contribution in [3.8, 4) is 0 Å². The van der Waals surface area contributed by atoms with Crippen LogP contribution >= 0.6 is 0 Å². The van der Waals surface area contributed by atoms with Gasteiger partial charge in [0, 0.05) is 75.3 Å². The van der Waals surface area contributed by atoms with Crippen molar-refractivity contribution in [2.75, 3.05) is 44.2 Å². The highest BCUT2D eigenvalue weighted by Crippen LogP contribution is 2.40. The number of hydrogen-bond donors (Lipinski definition) is 0. The molecule has 2 aromatic rings. The number of ether oxygens (including phenoxy) is 1. The van der Waals surface area contributed by atoms with Crippen LogP contribution in [0, 0.1) is 11.6 Å². The summed E-state index contributed by atoms with van der Waals surface area (Å²) in [5, 5.41) is 0. The molecule has 2 atom stereocenters. The van der Waals surface area contributed by atoms with Crippen LogP contribution in [0.3, 0.4) is 0 Å². The van der Waals surface area contributed by atoms with Gasteiger partial charge in [-0.1, -0.05) is 19.9 Å². The van der Waals surface area contributed by atoms with Gasteiger partial charge in [0.1, 0.15) is 17.2 Å². The molecule has 4 heterocycles. The molecule has 2 saturated heterocycles. The first-order valence-electron chi connectivity index (χ1n) is 15.4. The van der Waals surface area contributed by atoms with Crippen LogP contribution in [0.25, 0.3) is 0 Å². The zero-order chi connectivity index (χ0) is 32.0. The molecule has 0 bridgehead atoms. The van der Waals surface area contributed by atoms with Crippen molar-refractivity contribution in [3.63, 3.8) is 0 Å². The number of likely N-dealkylation sites (tertiary alicyclic amines) is 1. The van der Waals surface area contributed by atoms with Crippen LogP contribution in [-0.4, -0.2) is 94.5 Å². The number of pyridine rings is 1. The summed E-state index contributed by atoms with van der Waals surface area (Å²) < 4.78 is 33.5. The molecule has 2 fully saturated rings. The van der Waals surface area contributed by atoms with Crippen LogP contribution in [-0.2, 0) is 26.2 Å². The molecule has 3 aliphatic heterocycles. The third kappa shape index (κ3) is 6.87. The van der Waals surface area contributed by atoms with Gasteiger partial charge in [-0.15, -0.1) is 0 Å². The fraction of sp³-hybridized carbons (Fsp3) is 0.576. The monoisotopic (exact) mass is 611 g/mol. The second-order valence-electron chi connectivity index (χ2n) is 14.0. The number of halogens is 2. The Bertz CT molecular complexity index is 1440. The molecule has 1 aromatic carbocycles. The van der Waals surface area contributed by atoms with E-state index in [1.165, 1.54) is 12.1 Å². The van der Waals surface area contributed by atoms with E-state index in [1.807, 2.05) is 52.5 Å². The topological polar surface area (TPSA) is 86.3 Å². The molecule has 1 aromatic heterocycles. The summed E-state index contributed by atoms with van der Waals surface area (Å²) in [6.45, 7) is 13.9. The minimum absolute atomic E-state index is 0.0881. The van der Waals surface area contributed by atoms with Crippen LogP contribution in [0.4, 0.5) is 19.3 Å². The Morgan fingerprint density at radius 3 is 2.55 bits per heavy atom. The van der Waals surface area contributed by atoms with Gasteiger partial charge in [0.05, 0.1) is 17.9 Å². The molecule has 0 aliphatic carbocycles. The van der Waals surface area contributed by atoms with E-state index in [-0.39, 0.29) is 36.9 Å². The number of hydrogen-bond acceptors (Lipinski definition) is 6. The third-order valence-electron chi connectivity index (χ3n) is 8.64. The van der Waals surface area contributed by atoms with Gasteiger partial charge in [-0.3, -0.25) is 19.5 Å². The Morgan fingerprint density at radius 1 is 1.14 bits per heavy atom. The van der Waals surface area contributed by atoms with Gasteiger partial charge in [0.25, 0.3) is 0 Å². The molecule has 238 valence electrons. The average Bonchev–Trinajstić information content (AvgIpc) is 3.44. The lowest BCUT2D eigenvalue weighted by atomic mass is 9.91. The van der Waals surface area contributed by atoms with E-state index in [2.05, 4.69) is 4.90 Å². The molecule has 5 rings (SSSR count). The van der Waals surface area contributed by atoms with Gasteiger partial charge in [0.15, 0.2) is 0 Å². The van der Waals surface area contributed by atoms with E-state index in [4.69, 9.17) is 9.72 Å². The van der Waals surface area contributed by atoms with Crippen molar-refractivity contribution >= 4 is 23.6 Å². The van der Waals surface area contributed by atoms with Crippen LogP contribution in [0.1, 0.15) is 71.2 Å². The first-order chi connectivity index (χ1) is 20.6. The predicted molar refractivity (Wildman–Crippen MR) is 162 cm³/mol. The van der Waals surface area contributed by atoms with Gasteiger partial charge >= 0.3 is 6.09 Å². The molecule has 9 nitrogen and oxygen atoms in total. The zero-order valence-corrected chi connectivity index (χ0v) is 26.5. The Morgan fingerprint density at radius 2 is 1.89 bits per heavy atom. The fourth-order valence-corrected chi connectivity index (χ4v) is 6.44. The lowest BCUT2D eigenvalue weighted by Gasteiger charge is -2.46. The van der Waals surface area contributed by atoms with Crippen LogP contribution in [0.5, 0.6) is 0 Å². The van der Waals surface area contributed by atoms with E-state index in [0.717, 1.165) is 23.7 Å². The highest BCUT2D eigenvalue weighted by molar-refractivity contribution is 5.97. The van der Waals surface area contributed by atoms with Crippen molar-refractivity contribution in [1.82, 2.24) is 19.7 Å². The first-order valence-corrected chi connectivity index (χ1v) is 15.4. The van der Waals surface area contributed by atoms with Crippen molar-refractivity contribution in [1.29, 1.82) is 0 Å². The van der Waals surface area contributed by atoms with Gasteiger partial charge < -0.3 is 19.4 Å². The summed E-state index contributed by atoms with van der Waals surface area (Å²) in [6.07, 6.45) is 2.81. The van der Waals surface area contributed by atoms with Gasteiger partial charge in [0.2, 0.25) is 11.8 Å². The highest BCUT2D eigenvalue weighted by atomic mass is 19.1. The maximum absolute atomic E-state index is 14.4. The summed E-state index contributed by atoms with van der Waals surface area (Å²) in [5.41, 5.74) is 1.50. The van der Waals surface area contributed by atoms with Crippen molar-refractivity contribution in [2.24, 2.45) is 0 Å². The Hall–Kier alpha value is -3.60. The number of nitrogens with zero attached hydrogens (tertiary/aromatic N) is 5. The molecule has 3 aliphatic rings. The number of carbonyl (C=O) groups excluding carboxylic acids is 3. The summed E-state index contributed by atoms with van der Waals surface area (Å²) >= 11 is 0. The van der Waals surface area contributed by atoms with Crippen LogP contribution < -0.4 is 4.90 Å². The molecule has 44 heavy (non-hydrogen) atoms. The quantitative estimate of drug-likeness (QED) is 0.478. The van der Waals surface area contributed by atoms with Gasteiger partial charge in [-0.25, -0.2) is 13.6 Å². The predicted octanol–water partition coefficient (Wildman–Crippen LogP) is 4.51. The Kier molecular flexibility index (Phi) is 8.72. The minimum Gasteiger partial charge on any atom is -0.444 e. The normalized spacial score (nSPS) is 22.0. The number of aromatic nitrogens is 1. The first kappa shape index (κ1) is 31.8. The van der Waals surface area contributed by atoms with Crippen LogP contribution in [0.15, 0.2) is 30.5 Å². The van der Waals surface area contributed by atoms with Gasteiger partial charge in [-0.05, 0) is 57.4 Å². The molecular formula is C33H43F2N5O4. The molecule has 3 amide bonds. The number of fused-ring (bicyclic) bond motifs is 1. The standard InChI is InChI=1S/C33H43F2N5O4/c1-21-16-38(25(17-37-11-7-8-28(37)41)18-39(21)31(43)44-32(2,3)4)19-29(42)40-20-33(5,6)30-27(40)13-22(15-36-30)12-23-9-10-24(34)14-26(23)35/h9-10,13-15,21,25H,7-8,11-12,16-20H2,1-6H3/t21-,25+/m1/s1. The smallest absolute Gasteiger partial charge is 0.410 e. The van der Waals surface area contributed by atoms with Crippen molar-refractivity contribution in [3.05, 3.63) is 58.9 Å². The number of carbonyl (C=O) groups is 3. The number of benzene rings is 1. The third-order valence-corrected chi connectivity index (χ3v) is 8.64. The summed E-state index contributed by atoms with van der Waals surface area (Å²) in [4.78, 5) is 51.7. The minimum atomic E-state index is -0.643. The number of piperazine rings is 1. The lowest BCUT2D eigenvalue weighted by Crippen LogP contribution is -2.63. The fourth-order valence-electron chi connectivity index (χ4n) is 6.44. The number of rotatable bonds is 6. The molecule has 11 heteroatoms. The van der Waals surface area contributed by atoms with Crippen molar-refractivity contribution in [2.45, 2.75) is 83.9 Å². The van der Waals surface area contributed by atoms with E-state index in [9.17, 15) is 23.2 Å². The Balaban J connectivity index is 1.37. The average molecular weight is 612 g/mol. The largest absolute Gasteiger partial charge is 0.444 e. The van der Waals surface area contributed by atoms with Crippen LogP contribution in [0.2, 0.25) is 0 Å². The second-order valence-corrected chi connectivity index (χ2v) is 14.0. The van der Waals surface area contributed by atoms with E-state index < -0.39 is 28.7 Å². The SMILES string of the molecule is C[C@@H]1CN(CC(=O)N2CC(C)(C)c3ncc(Cc4ccc(F)cc4F)cc32)[C@@H](CN2CCCC2=O)CN1C(=O)OC(C)(C)C. The highest BCUT2D eigenvalue weighted by Gasteiger charge is 2.43. The van der Waals surface area contributed by atoms with E-state index in [0.29, 0.717) is 50.4 Å². The van der Waals surface area contributed by atoms with Crippen molar-refractivity contribution < 1.29 is 27.9 Å². The molecule has 0 saturated carbocycles. The maximum atomic E-state index is 14.4. The lowest BCUT2D eigenvalue weighted by molar-refractivity contribution is -0.129. The second kappa shape index (κ2) is 12.1. The van der Waals surface area contributed by atoms with E-state index >= 15 is 0 Å².